The Morgan fingerprint density at radius 3 is 2.21 bits per heavy atom. The molecule has 0 spiro atoms. The van der Waals surface area contributed by atoms with Crippen LogP contribution in [0.4, 0.5) is 0 Å². The van der Waals surface area contributed by atoms with E-state index in [9.17, 15) is 0 Å². The van der Waals surface area contributed by atoms with Crippen molar-refractivity contribution in [3.05, 3.63) is 33.8 Å². The zero-order valence-corrected chi connectivity index (χ0v) is 9.84. The largest absolute Gasteiger partial charge is 0.478 e. The van der Waals surface area contributed by atoms with E-state index in [-0.39, 0.29) is 18.3 Å². The number of ether oxygens (including phenoxy) is 1. The quantitative estimate of drug-likeness (QED) is 0.632. The monoisotopic (exact) mass is 253 g/mol. The van der Waals surface area contributed by atoms with Crippen LogP contribution in [0.5, 0.6) is 0 Å². The lowest BCUT2D eigenvalue weighted by Crippen LogP contribution is -2.04. The molecular weight excluding hydrogens is 244 g/mol. The fourth-order valence-corrected chi connectivity index (χ4v) is 1.44. The van der Waals surface area contributed by atoms with Gasteiger partial charge in [-0.25, -0.2) is 0 Å². The van der Waals surface area contributed by atoms with Crippen molar-refractivity contribution in [2.75, 3.05) is 6.61 Å². The Hall–Kier alpha value is -0.440. The SMILES string of the molecule is CCOC(=N)c1cc(Cl)cc(Cl)c1.Cl. The maximum absolute atomic E-state index is 7.48. The van der Waals surface area contributed by atoms with Crippen molar-refractivity contribution < 1.29 is 4.74 Å². The Morgan fingerprint density at radius 1 is 1.29 bits per heavy atom. The summed E-state index contributed by atoms with van der Waals surface area (Å²) in [7, 11) is 0. The van der Waals surface area contributed by atoms with Crippen LogP contribution in [-0.4, -0.2) is 12.5 Å². The molecule has 0 saturated heterocycles. The van der Waals surface area contributed by atoms with Crippen LogP contribution in [0.15, 0.2) is 18.2 Å². The molecule has 0 amide bonds. The normalized spacial score (nSPS) is 9.07. The molecule has 0 saturated carbocycles. The lowest BCUT2D eigenvalue weighted by atomic mass is 10.2. The number of rotatable bonds is 2. The molecule has 1 rings (SSSR count). The molecule has 1 aromatic carbocycles. The van der Waals surface area contributed by atoms with E-state index in [2.05, 4.69) is 0 Å². The summed E-state index contributed by atoms with van der Waals surface area (Å²) in [5.41, 5.74) is 0.597. The fraction of sp³-hybridized carbons (Fsp3) is 0.222. The van der Waals surface area contributed by atoms with Gasteiger partial charge in [0, 0.05) is 15.6 Å². The topological polar surface area (TPSA) is 33.1 Å². The molecule has 1 aromatic rings. The molecule has 0 fully saturated rings. The summed E-state index contributed by atoms with van der Waals surface area (Å²) in [5, 5.41) is 8.50. The summed E-state index contributed by atoms with van der Waals surface area (Å²) in [5.74, 6) is 0.0897. The van der Waals surface area contributed by atoms with Crippen molar-refractivity contribution in [2.24, 2.45) is 0 Å². The van der Waals surface area contributed by atoms with Crippen LogP contribution in [-0.2, 0) is 4.74 Å². The second-order valence-corrected chi connectivity index (χ2v) is 3.29. The summed E-state index contributed by atoms with van der Waals surface area (Å²) < 4.78 is 5.00. The van der Waals surface area contributed by atoms with Gasteiger partial charge in [-0.1, -0.05) is 23.2 Å². The molecule has 0 aliphatic heterocycles. The Morgan fingerprint density at radius 2 is 1.79 bits per heavy atom. The van der Waals surface area contributed by atoms with Gasteiger partial charge in [0.2, 0.25) is 5.90 Å². The molecule has 0 aliphatic carbocycles. The second-order valence-electron chi connectivity index (χ2n) is 2.42. The minimum atomic E-state index is 0. The minimum Gasteiger partial charge on any atom is -0.478 e. The maximum Gasteiger partial charge on any atom is 0.213 e. The highest BCUT2D eigenvalue weighted by Gasteiger charge is 2.04. The first-order valence-electron chi connectivity index (χ1n) is 3.81. The molecule has 0 radical (unpaired) electrons. The van der Waals surface area contributed by atoms with Crippen molar-refractivity contribution in [1.82, 2.24) is 0 Å². The molecule has 0 heterocycles. The van der Waals surface area contributed by atoms with Crippen LogP contribution in [0.3, 0.4) is 0 Å². The molecule has 14 heavy (non-hydrogen) atoms. The summed E-state index contributed by atoms with van der Waals surface area (Å²) in [4.78, 5) is 0. The highest BCUT2D eigenvalue weighted by molar-refractivity contribution is 6.35. The first-order valence-corrected chi connectivity index (χ1v) is 4.57. The van der Waals surface area contributed by atoms with E-state index in [1.807, 2.05) is 6.92 Å². The van der Waals surface area contributed by atoms with Crippen LogP contribution < -0.4 is 0 Å². The lowest BCUT2D eigenvalue weighted by molar-refractivity contribution is 0.325. The van der Waals surface area contributed by atoms with Gasteiger partial charge >= 0.3 is 0 Å². The standard InChI is InChI=1S/C9H9Cl2NO.ClH/c1-2-13-9(12)6-3-7(10)5-8(11)4-6;/h3-5,12H,2H2,1H3;1H. The predicted molar refractivity (Wildman–Crippen MR) is 62.2 cm³/mol. The van der Waals surface area contributed by atoms with Crippen molar-refractivity contribution in [2.45, 2.75) is 6.92 Å². The molecule has 78 valence electrons. The van der Waals surface area contributed by atoms with Gasteiger partial charge in [0.15, 0.2) is 0 Å². The van der Waals surface area contributed by atoms with Crippen molar-refractivity contribution in [3.8, 4) is 0 Å². The fourth-order valence-electron chi connectivity index (χ4n) is 0.913. The van der Waals surface area contributed by atoms with Crippen LogP contribution in [0.25, 0.3) is 0 Å². The van der Waals surface area contributed by atoms with Crippen molar-refractivity contribution >= 4 is 41.5 Å². The molecular formula is C9H10Cl3NO. The number of benzene rings is 1. The van der Waals surface area contributed by atoms with E-state index in [1.54, 1.807) is 18.2 Å². The zero-order valence-electron chi connectivity index (χ0n) is 7.51. The third-order valence-electron chi connectivity index (χ3n) is 1.41. The van der Waals surface area contributed by atoms with E-state index >= 15 is 0 Å². The van der Waals surface area contributed by atoms with E-state index in [0.717, 1.165) is 0 Å². The third kappa shape index (κ3) is 3.74. The molecule has 0 aromatic heterocycles. The number of halogens is 3. The number of hydrogen-bond donors (Lipinski definition) is 1. The molecule has 0 bridgehead atoms. The van der Waals surface area contributed by atoms with Gasteiger partial charge in [0.25, 0.3) is 0 Å². The zero-order chi connectivity index (χ0) is 9.84. The Bertz CT molecular complexity index is 308. The first-order chi connectivity index (χ1) is 6.13. The van der Waals surface area contributed by atoms with E-state index in [1.165, 1.54) is 0 Å². The Labute approximate surface area is 99.1 Å². The summed E-state index contributed by atoms with van der Waals surface area (Å²) >= 11 is 11.5. The second kappa shape index (κ2) is 6.12. The smallest absolute Gasteiger partial charge is 0.213 e. The molecule has 0 unspecified atom stereocenters. The Balaban J connectivity index is 0.00000169. The van der Waals surface area contributed by atoms with Crippen LogP contribution in [0.2, 0.25) is 10.0 Å². The number of nitrogens with one attached hydrogen (secondary N) is 1. The van der Waals surface area contributed by atoms with Gasteiger partial charge in [-0.15, -0.1) is 12.4 Å². The number of hydrogen-bond acceptors (Lipinski definition) is 2. The Kier molecular flexibility index (Phi) is 5.93. The summed E-state index contributed by atoms with van der Waals surface area (Å²) in [6.45, 7) is 2.28. The van der Waals surface area contributed by atoms with E-state index in [4.69, 9.17) is 33.3 Å². The van der Waals surface area contributed by atoms with Crippen molar-refractivity contribution in [3.63, 3.8) is 0 Å². The van der Waals surface area contributed by atoms with E-state index < -0.39 is 0 Å². The van der Waals surface area contributed by atoms with Gasteiger partial charge < -0.3 is 4.74 Å². The van der Waals surface area contributed by atoms with Crippen LogP contribution >= 0.6 is 35.6 Å². The van der Waals surface area contributed by atoms with Gasteiger partial charge in [-0.3, -0.25) is 5.41 Å². The highest BCUT2D eigenvalue weighted by atomic mass is 35.5. The first kappa shape index (κ1) is 13.6. The van der Waals surface area contributed by atoms with Gasteiger partial charge in [0.05, 0.1) is 6.61 Å². The average molecular weight is 255 g/mol. The predicted octanol–water partition coefficient (Wildman–Crippen LogP) is 3.78. The molecule has 0 atom stereocenters. The van der Waals surface area contributed by atoms with Gasteiger partial charge in [0.1, 0.15) is 0 Å². The van der Waals surface area contributed by atoms with E-state index in [0.29, 0.717) is 22.2 Å². The van der Waals surface area contributed by atoms with Gasteiger partial charge in [-0.2, -0.15) is 0 Å². The van der Waals surface area contributed by atoms with Gasteiger partial charge in [-0.05, 0) is 25.1 Å². The molecule has 0 aliphatic rings. The maximum atomic E-state index is 7.48. The summed E-state index contributed by atoms with van der Waals surface area (Å²) in [6.07, 6.45) is 0. The van der Waals surface area contributed by atoms with Crippen LogP contribution in [0.1, 0.15) is 12.5 Å². The summed E-state index contributed by atoms with van der Waals surface area (Å²) in [6, 6.07) is 4.91. The molecule has 5 heteroatoms. The highest BCUT2D eigenvalue weighted by Crippen LogP contribution is 2.19. The third-order valence-corrected chi connectivity index (χ3v) is 1.85. The molecule has 1 N–H and O–H groups in total. The minimum absolute atomic E-state index is 0. The average Bonchev–Trinajstić information content (AvgIpc) is 2.03. The molecule has 2 nitrogen and oxygen atoms in total. The van der Waals surface area contributed by atoms with Crippen LogP contribution in [0, 0.1) is 5.41 Å². The lowest BCUT2D eigenvalue weighted by Gasteiger charge is -2.05. The van der Waals surface area contributed by atoms with Crippen molar-refractivity contribution in [1.29, 1.82) is 5.41 Å².